The average Bonchev–Trinajstić information content (AvgIpc) is 3.14. The summed E-state index contributed by atoms with van der Waals surface area (Å²) >= 11 is 0. The number of carbonyl (C=O) groups excluding carboxylic acids is 1. The topological polar surface area (TPSA) is 83.9 Å². The Kier molecular flexibility index (Phi) is 4.89. The van der Waals surface area contributed by atoms with Crippen LogP contribution in [0.2, 0.25) is 0 Å². The summed E-state index contributed by atoms with van der Waals surface area (Å²) in [4.78, 5) is 21.2. The Bertz CT molecular complexity index is 1010. The quantitative estimate of drug-likeness (QED) is 0.624. The van der Waals surface area contributed by atoms with Gasteiger partial charge < -0.3 is 20.5 Å². The first kappa shape index (κ1) is 18.1. The molecule has 2 aromatic heterocycles. The van der Waals surface area contributed by atoms with Crippen LogP contribution in [0.1, 0.15) is 41.7 Å². The number of anilines is 1. The molecule has 3 heterocycles. The van der Waals surface area contributed by atoms with E-state index in [2.05, 4.69) is 51.3 Å². The Morgan fingerprint density at radius 3 is 2.72 bits per heavy atom. The molecule has 3 N–H and O–H groups in total. The molecule has 1 amide bonds. The van der Waals surface area contributed by atoms with Crippen LogP contribution in [0.4, 0.5) is 5.95 Å². The number of fused-ring (bicyclic) bond motifs is 3. The highest BCUT2D eigenvalue weighted by atomic mass is 16.2. The molecule has 1 aliphatic heterocycles. The van der Waals surface area contributed by atoms with Gasteiger partial charge in [0.2, 0.25) is 5.95 Å². The third-order valence-electron chi connectivity index (χ3n) is 5.99. The first-order chi connectivity index (χ1) is 14.3. The maximum atomic E-state index is 12.0. The minimum atomic E-state index is -0.0370. The summed E-state index contributed by atoms with van der Waals surface area (Å²) in [6.07, 6.45) is 6.31. The maximum Gasteiger partial charge on any atom is 0.268 e. The average molecular weight is 390 g/mol. The number of carbonyl (C=O) groups is 1. The first-order valence-electron chi connectivity index (χ1n) is 10.4. The molecule has 1 aromatic carbocycles. The van der Waals surface area contributed by atoms with Crippen molar-refractivity contribution in [2.45, 2.75) is 50.9 Å². The van der Waals surface area contributed by atoms with Crippen molar-refractivity contribution >= 4 is 22.9 Å². The second-order valence-electron chi connectivity index (χ2n) is 7.97. The van der Waals surface area contributed by atoms with E-state index >= 15 is 0 Å². The molecule has 5 rings (SSSR count). The number of nitrogens with zero attached hydrogens (tertiary/aromatic N) is 3. The normalized spacial score (nSPS) is 21.6. The van der Waals surface area contributed by atoms with Crippen LogP contribution in [0.15, 0.2) is 42.6 Å². The van der Waals surface area contributed by atoms with E-state index in [1.165, 1.54) is 5.56 Å². The molecule has 0 saturated heterocycles. The van der Waals surface area contributed by atoms with Crippen LogP contribution in [-0.2, 0) is 13.1 Å². The van der Waals surface area contributed by atoms with Gasteiger partial charge in [0.05, 0.1) is 0 Å². The lowest BCUT2D eigenvalue weighted by Gasteiger charge is -2.29. The lowest BCUT2D eigenvalue weighted by molar-refractivity contribution is 0.0929. The van der Waals surface area contributed by atoms with Crippen molar-refractivity contribution in [3.05, 3.63) is 53.9 Å². The van der Waals surface area contributed by atoms with Gasteiger partial charge >= 0.3 is 0 Å². The van der Waals surface area contributed by atoms with E-state index in [4.69, 9.17) is 4.98 Å². The fourth-order valence-corrected chi connectivity index (χ4v) is 4.38. The second kappa shape index (κ2) is 7.83. The van der Waals surface area contributed by atoms with Crippen molar-refractivity contribution < 1.29 is 4.79 Å². The van der Waals surface area contributed by atoms with Gasteiger partial charge in [-0.05, 0) is 37.3 Å². The summed E-state index contributed by atoms with van der Waals surface area (Å²) in [5, 5.41) is 11.0. The minimum Gasteiger partial charge on any atom is -0.351 e. The third kappa shape index (κ3) is 3.82. The highest BCUT2D eigenvalue weighted by Crippen LogP contribution is 2.24. The number of benzene rings is 1. The van der Waals surface area contributed by atoms with E-state index in [0.29, 0.717) is 30.3 Å². The van der Waals surface area contributed by atoms with Gasteiger partial charge in [-0.15, -0.1) is 0 Å². The largest absolute Gasteiger partial charge is 0.351 e. The zero-order chi connectivity index (χ0) is 19.6. The summed E-state index contributed by atoms with van der Waals surface area (Å²) in [7, 11) is 0. The SMILES string of the molecule is O=C1NCCn2c1cc1cnc(NC3CCC(NCc4ccccc4)CC3)nc12. The molecule has 0 bridgehead atoms. The number of nitrogens with one attached hydrogen (secondary N) is 3. The van der Waals surface area contributed by atoms with E-state index in [1.54, 1.807) is 0 Å². The molecule has 1 aliphatic carbocycles. The lowest BCUT2D eigenvalue weighted by Crippen LogP contribution is -2.37. The van der Waals surface area contributed by atoms with E-state index in [1.807, 2.05) is 16.8 Å². The molecule has 7 nitrogen and oxygen atoms in total. The van der Waals surface area contributed by atoms with Crippen LogP contribution in [-0.4, -0.2) is 39.1 Å². The Morgan fingerprint density at radius 2 is 1.90 bits per heavy atom. The molecular weight excluding hydrogens is 364 g/mol. The summed E-state index contributed by atoms with van der Waals surface area (Å²) in [6, 6.07) is 13.4. The van der Waals surface area contributed by atoms with E-state index in [9.17, 15) is 4.79 Å². The van der Waals surface area contributed by atoms with Crippen LogP contribution in [0.5, 0.6) is 0 Å². The Hall–Kier alpha value is -2.93. The van der Waals surface area contributed by atoms with Gasteiger partial charge in [0.25, 0.3) is 5.91 Å². The Labute approximate surface area is 169 Å². The van der Waals surface area contributed by atoms with Gasteiger partial charge in [-0.3, -0.25) is 4.79 Å². The number of rotatable bonds is 5. The van der Waals surface area contributed by atoms with Gasteiger partial charge in [-0.25, -0.2) is 4.98 Å². The summed E-state index contributed by atoms with van der Waals surface area (Å²) < 4.78 is 1.99. The maximum absolute atomic E-state index is 12.0. The van der Waals surface area contributed by atoms with Gasteiger partial charge in [-0.1, -0.05) is 30.3 Å². The highest BCUT2D eigenvalue weighted by Gasteiger charge is 2.23. The standard InChI is InChI=1S/C22H26N6O/c29-21-19-12-16-14-25-22(27-20(16)28(19)11-10-23-21)26-18-8-6-17(7-9-18)24-13-15-4-2-1-3-5-15/h1-5,12,14,17-18,24H,6-11,13H2,(H,23,29)(H,25,26,27). The molecule has 150 valence electrons. The molecule has 29 heavy (non-hydrogen) atoms. The molecular formula is C22H26N6O. The smallest absolute Gasteiger partial charge is 0.268 e. The molecule has 7 heteroatoms. The molecule has 0 unspecified atom stereocenters. The summed E-state index contributed by atoms with van der Waals surface area (Å²) in [6.45, 7) is 2.32. The summed E-state index contributed by atoms with van der Waals surface area (Å²) in [5.74, 6) is 0.621. The van der Waals surface area contributed by atoms with Crippen molar-refractivity contribution in [1.29, 1.82) is 0 Å². The zero-order valence-electron chi connectivity index (χ0n) is 16.4. The van der Waals surface area contributed by atoms with E-state index in [0.717, 1.165) is 49.8 Å². The fraction of sp³-hybridized carbons (Fsp3) is 0.409. The second-order valence-corrected chi connectivity index (χ2v) is 7.97. The van der Waals surface area contributed by atoms with Crippen LogP contribution < -0.4 is 16.0 Å². The highest BCUT2D eigenvalue weighted by molar-refractivity contribution is 5.98. The fourth-order valence-electron chi connectivity index (χ4n) is 4.38. The molecule has 0 radical (unpaired) electrons. The predicted octanol–water partition coefficient (Wildman–Crippen LogP) is 2.69. The van der Waals surface area contributed by atoms with E-state index < -0.39 is 0 Å². The third-order valence-corrected chi connectivity index (χ3v) is 5.99. The number of amides is 1. The molecule has 2 aliphatic rings. The van der Waals surface area contributed by atoms with Crippen LogP contribution >= 0.6 is 0 Å². The molecule has 1 saturated carbocycles. The van der Waals surface area contributed by atoms with Crippen LogP contribution in [0.3, 0.4) is 0 Å². The molecule has 0 spiro atoms. The van der Waals surface area contributed by atoms with Crippen molar-refractivity contribution in [3.63, 3.8) is 0 Å². The van der Waals surface area contributed by atoms with Gasteiger partial charge in [0.1, 0.15) is 11.3 Å². The Balaban J connectivity index is 1.19. The van der Waals surface area contributed by atoms with Crippen molar-refractivity contribution in [2.75, 3.05) is 11.9 Å². The van der Waals surface area contributed by atoms with Crippen LogP contribution in [0, 0.1) is 0 Å². The minimum absolute atomic E-state index is 0.0370. The van der Waals surface area contributed by atoms with Crippen LogP contribution in [0.25, 0.3) is 11.0 Å². The first-order valence-corrected chi connectivity index (χ1v) is 10.4. The van der Waals surface area contributed by atoms with Crippen molar-refractivity contribution in [2.24, 2.45) is 0 Å². The monoisotopic (exact) mass is 390 g/mol. The predicted molar refractivity (Wildman–Crippen MR) is 113 cm³/mol. The number of aromatic nitrogens is 3. The van der Waals surface area contributed by atoms with Crippen molar-refractivity contribution in [1.82, 2.24) is 25.2 Å². The molecule has 3 aromatic rings. The lowest BCUT2D eigenvalue weighted by atomic mass is 9.91. The van der Waals surface area contributed by atoms with Gasteiger partial charge in [0, 0.05) is 43.3 Å². The van der Waals surface area contributed by atoms with Gasteiger partial charge in [-0.2, -0.15) is 4.98 Å². The molecule has 1 fully saturated rings. The Morgan fingerprint density at radius 1 is 1.10 bits per heavy atom. The van der Waals surface area contributed by atoms with Gasteiger partial charge in [0.15, 0.2) is 0 Å². The number of hydrogen-bond acceptors (Lipinski definition) is 5. The van der Waals surface area contributed by atoms with Crippen molar-refractivity contribution in [3.8, 4) is 0 Å². The van der Waals surface area contributed by atoms with E-state index in [-0.39, 0.29) is 5.91 Å². The zero-order valence-corrected chi connectivity index (χ0v) is 16.4. The summed E-state index contributed by atoms with van der Waals surface area (Å²) in [5.41, 5.74) is 2.84. The molecule has 0 atom stereocenters. The number of hydrogen-bond donors (Lipinski definition) is 3.